The number of hydrogen-bond acceptors (Lipinski definition) is 5. The highest BCUT2D eigenvalue weighted by atomic mass is 32.1. The Hall–Kier alpha value is -3.64. The molecular formula is C22H24N6O2S. The molecule has 0 radical (unpaired) electrons. The number of benzene rings is 1. The van der Waals surface area contributed by atoms with E-state index in [1.807, 2.05) is 57.3 Å². The maximum absolute atomic E-state index is 12.5. The van der Waals surface area contributed by atoms with E-state index in [-0.39, 0.29) is 5.57 Å². The van der Waals surface area contributed by atoms with Crippen LogP contribution in [0.25, 0.3) is 11.8 Å². The third-order valence-corrected chi connectivity index (χ3v) is 5.44. The SMILES string of the molecule is COc1ccc(-n2c(C)cc(C=C(C#N)C(=O)NCCc3n[nH]c(=S)n3C)c2C)cc1. The Morgan fingerprint density at radius 2 is 2.06 bits per heavy atom. The van der Waals surface area contributed by atoms with Gasteiger partial charge in [-0.05, 0) is 68.0 Å². The summed E-state index contributed by atoms with van der Waals surface area (Å²) in [4.78, 5) is 12.5. The summed E-state index contributed by atoms with van der Waals surface area (Å²) < 4.78 is 9.56. The van der Waals surface area contributed by atoms with Crippen LogP contribution in [0, 0.1) is 29.9 Å². The zero-order valence-electron chi connectivity index (χ0n) is 17.9. The van der Waals surface area contributed by atoms with E-state index < -0.39 is 5.91 Å². The number of nitrogens with one attached hydrogen (secondary N) is 2. The van der Waals surface area contributed by atoms with Crippen LogP contribution in [0.2, 0.25) is 0 Å². The van der Waals surface area contributed by atoms with Gasteiger partial charge in [0.15, 0.2) is 4.77 Å². The van der Waals surface area contributed by atoms with Gasteiger partial charge in [0.25, 0.3) is 5.91 Å². The molecule has 2 aromatic heterocycles. The Morgan fingerprint density at radius 3 is 2.65 bits per heavy atom. The lowest BCUT2D eigenvalue weighted by Crippen LogP contribution is -2.27. The Bertz CT molecular complexity index is 1220. The second-order valence-corrected chi connectivity index (χ2v) is 7.43. The van der Waals surface area contributed by atoms with E-state index in [9.17, 15) is 10.1 Å². The van der Waals surface area contributed by atoms with Gasteiger partial charge in [0, 0.05) is 37.1 Å². The van der Waals surface area contributed by atoms with Crippen LogP contribution in [0.15, 0.2) is 35.9 Å². The average molecular weight is 437 g/mol. The van der Waals surface area contributed by atoms with E-state index in [1.54, 1.807) is 17.8 Å². The lowest BCUT2D eigenvalue weighted by atomic mass is 10.1. The molecule has 3 rings (SSSR count). The van der Waals surface area contributed by atoms with Gasteiger partial charge >= 0.3 is 0 Å². The molecule has 9 heteroatoms. The normalized spacial score (nSPS) is 11.3. The van der Waals surface area contributed by atoms with Crippen LogP contribution in [0.5, 0.6) is 5.75 Å². The zero-order valence-corrected chi connectivity index (χ0v) is 18.7. The van der Waals surface area contributed by atoms with Crippen LogP contribution in [0.1, 0.15) is 22.8 Å². The average Bonchev–Trinajstić information content (AvgIpc) is 3.24. The summed E-state index contributed by atoms with van der Waals surface area (Å²) in [6.07, 6.45) is 2.12. The van der Waals surface area contributed by atoms with Crippen molar-refractivity contribution in [3.8, 4) is 17.5 Å². The number of aryl methyl sites for hydroxylation is 1. The molecule has 160 valence electrons. The molecule has 0 aliphatic rings. The molecule has 0 spiro atoms. The molecule has 1 amide bonds. The zero-order chi connectivity index (χ0) is 22.5. The predicted molar refractivity (Wildman–Crippen MR) is 120 cm³/mol. The smallest absolute Gasteiger partial charge is 0.261 e. The number of H-pyrrole nitrogens is 1. The molecule has 0 unspecified atom stereocenters. The lowest BCUT2D eigenvalue weighted by Gasteiger charge is -2.10. The van der Waals surface area contributed by atoms with Gasteiger partial charge < -0.3 is 19.2 Å². The van der Waals surface area contributed by atoms with Gasteiger partial charge in [-0.25, -0.2) is 0 Å². The number of hydrogen-bond donors (Lipinski definition) is 2. The van der Waals surface area contributed by atoms with Crippen LogP contribution >= 0.6 is 12.2 Å². The Morgan fingerprint density at radius 1 is 1.35 bits per heavy atom. The van der Waals surface area contributed by atoms with Crippen LogP contribution in [-0.4, -0.2) is 38.9 Å². The van der Waals surface area contributed by atoms with E-state index in [1.165, 1.54) is 0 Å². The van der Waals surface area contributed by atoms with Crippen molar-refractivity contribution in [3.05, 3.63) is 63.5 Å². The summed E-state index contributed by atoms with van der Waals surface area (Å²) in [5.41, 5.74) is 3.77. The Kier molecular flexibility index (Phi) is 6.72. The minimum Gasteiger partial charge on any atom is -0.497 e. The molecule has 2 N–H and O–H groups in total. The third-order valence-electron chi connectivity index (χ3n) is 5.07. The fraction of sp³-hybridized carbons (Fsp3) is 0.273. The first-order chi connectivity index (χ1) is 14.8. The van der Waals surface area contributed by atoms with Gasteiger partial charge in [-0.1, -0.05) is 0 Å². The van der Waals surface area contributed by atoms with Gasteiger partial charge in [-0.2, -0.15) is 10.4 Å². The number of nitriles is 1. The van der Waals surface area contributed by atoms with Crippen LogP contribution < -0.4 is 10.1 Å². The largest absolute Gasteiger partial charge is 0.497 e. The molecule has 3 aromatic rings. The molecule has 2 heterocycles. The first kappa shape index (κ1) is 22.1. The summed E-state index contributed by atoms with van der Waals surface area (Å²) in [7, 11) is 3.44. The summed E-state index contributed by atoms with van der Waals surface area (Å²) in [5.74, 6) is 1.09. The first-order valence-electron chi connectivity index (χ1n) is 9.69. The highest BCUT2D eigenvalue weighted by Gasteiger charge is 2.14. The van der Waals surface area contributed by atoms with Gasteiger partial charge in [0.1, 0.15) is 23.2 Å². The summed E-state index contributed by atoms with van der Waals surface area (Å²) in [5, 5.41) is 19.1. The minimum absolute atomic E-state index is 0.0466. The molecular weight excluding hydrogens is 412 g/mol. The molecule has 0 saturated heterocycles. The number of amides is 1. The monoisotopic (exact) mass is 436 g/mol. The maximum atomic E-state index is 12.5. The van der Waals surface area contributed by atoms with Gasteiger partial charge in [0.2, 0.25) is 0 Å². The number of carbonyl (C=O) groups excluding carboxylic acids is 1. The van der Waals surface area contributed by atoms with Crippen molar-refractivity contribution in [2.24, 2.45) is 7.05 Å². The van der Waals surface area contributed by atoms with Crippen molar-refractivity contribution in [3.63, 3.8) is 0 Å². The molecule has 8 nitrogen and oxygen atoms in total. The molecule has 0 saturated carbocycles. The number of aromatic amines is 1. The molecule has 0 atom stereocenters. The molecule has 1 aromatic carbocycles. The van der Waals surface area contributed by atoms with E-state index in [4.69, 9.17) is 17.0 Å². The van der Waals surface area contributed by atoms with Crippen molar-refractivity contribution >= 4 is 24.2 Å². The van der Waals surface area contributed by atoms with Crippen LogP contribution in [0.3, 0.4) is 0 Å². The van der Waals surface area contributed by atoms with E-state index in [0.717, 1.165) is 34.2 Å². The molecule has 0 aliphatic carbocycles. The standard InChI is InChI=1S/C22H24N6O2S/c1-14-11-16(15(2)28(14)18-5-7-19(30-4)8-6-18)12-17(13-23)21(29)24-10-9-20-25-26-22(31)27(20)3/h5-8,11-12H,9-10H2,1-4H3,(H,24,29)(H,26,31). The Labute approximate surface area is 185 Å². The first-order valence-corrected chi connectivity index (χ1v) is 10.1. The third kappa shape index (κ3) is 4.75. The van der Waals surface area contributed by atoms with Crippen molar-refractivity contribution in [2.75, 3.05) is 13.7 Å². The van der Waals surface area contributed by atoms with E-state index in [0.29, 0.717) is 17.7 Å². The van der Waals surface area contributed by atoms with Gasteiger partial charge in [0.05, 0.1) is 7.11 Å². The van der Waals surface area contributed by atoms with E-state index in [2.05, 4.69) is 20.1 Å². The number of methoxy groups -OCH3 is 1. The van der Waals surface area contributed by atoms with Crippen molar-refractivity contribution in [1.82, 2.24) is 24.6 Å². The second-order valence-electron chi connectivity index (χ2n) is 7.04. The van der Waals surface area contributed by atoms with Crippen molar-refractivity contribution < 1.29 is 9.53 Å². The summed E-state index contributed by atoms with van der Waals surface area (Å²) >= 11 is 5.08. The van der Waals surface area contributed by atoms with E-state index >= 15 is 0 Å². The second kappa shape index (κ2) is 9.45. The van der Waals surface area contributed by atoms with Crippen LogP contribution in [0.4, 0.5) is 0 Å². The molecule has 0 bridgehead atoms. The maximum Gasteiger partial charge on any atom is 0.261 e. The fourth-order valence-corrected chi connectivity index (χ4v) is 3.50. The molecule has 31 heavy (non-hydrogen) atoms. The lowest BCUT2D eigenvalue weighted by molar-refractivity contribution is -0.117. The summed E-state index contributed by atoms with van der Waals surface area (Å²) in [6.45, 7) is 4.29. The van der Waals surface area contributed by atoms with Crippen molar-refractivity contribution in [1.29, 1.82) is 5.26 Å². The quantitative estimate of drug-likeness (QED) is 0.337. The number of aromatic nitrogens is 4. The number of nitrogens with zero attached hydrogens (tertiary/aromatic N) is 4. The topological polar surface area (TPSA) is 101 Å². The number of rotatable bonds is 7. The summed E-state index contributed by atoms with van der Waals surface area (Å²) in [6, 6.07) is 11.7. The highest BCUT2D eigenvalue weighted by molar-refractivity contribution is 7.71. The molecule has 0 aliphatic heterocycles. The number of carbonyl (C=O) groups is 1. The van der Waals surface area contributed by atoms with Gasteiger partial charge in [-0.3, -0.25) is 9.89 Å². The molecule has 0 fully saturated rings. The Balaban J connectivity index is 1.77. The fourth-order valence-electron chi connectivity index (χ4n) is 3.35. The van der Waals surface area contributed by atoms with Gasteiger partial charge in [-0.15, -0.1) is 0 Å². The highest BCUT2D eigenvalue weighted by Crippen LogP contribution is 2.24. The minimum atomic E-state index is -0.423. The number of ether oxygens (including phenoxy) is 1. The van der Waals surface area contributed by atoms with Crippen LogP contribution in [-0.2, 0) is 18.3 Å². The van der Waals surface area contributed by atoms with Crippen molar-refractivity contribution in [2.45, 2.75) is 20.3 Å². The predicted octanol–water partition coefficient (Wildman–Crippen LogP) is 3.16.